The number of halogens is 1. The summed E-state index contributed by atoms with van der Waals surface area (Å²) in [7, 11) is 0. The number of rotatable bonds is 5. The fraction of sp³-hybridized carbons (Fsp3) is 0.300. The van der Waals surface area contributed by atoms with Crippen molar-refractivity contribution in [3.8, 4) is 18.1 Å². The van der Waals surface area contributed by atoms with Crippen molar-refractivity contribution in [2.24, 2.45) is 0 Å². The number of nitrogens with zero attached hydrogens (tertiary/aromatic N) is 5. The number of nitro benzene ring substituents is 1. The van der Waals surface area contributed by atoms with Crippen LogP contribution in [0.5, 0.6) is 5.75 Å². The van der Waals surface area contributed by atoms with Gasteiger partial charge in [-0.25, -0.2) is 9.78 Å². The molecule has 12 nitrogen and oxygen atoms in total. The Morgan fingerprint density at radius 3 is 2.82 bits per heavy atom. The van der Waals surface area contributed by atoms with E-state index in [2.05, 4.69) is 20.9 Å². The Hall–Kier alpha value is -4.31. The van der Waals surface area contributed by atoms with Crippen molar-refractivity contribution in [3.63, 3.8) is 0 Å². The van der Waals surface area contributed by atoms with Gasteiger partial charge in [0.05, 0.1) is 11.3 Å². The number of non-ortho nitro benzene ring substituents is 1. The summed E-state index contributed by atoms with van der Waals surface area (Å²) in [5.41, 5.74) is 4.53. The number of ether oxygens (including phenoxy) is 3. The molecule has 3 heterocycles. The Morgan fingerprint density at radius 2 is 2.18 bits per heavy atom. The maximum atomic E-state index is 13.7. The highest BCUT2D eigenvalue weighted by molar-refractivity contribution is 5.81. The van der Waals surface area contributed by atoms with E-state index >= 15 is 0 Å². The molecule has 2 aromatic heterocycles. The van der Waals surface area contributed by atoms with Crippen LogP contribution in [0.1, 0.15) is 26.0 Å². The third-order valence-electron chi connectivity index (χ3n) is 5.27. The zero-order valence-corrected chi connectivity index (χ0v) is 17.2. The Morgan fingerprint density at radius 1 is 1.45 bits per heavy atom. The number of hydrogen-bond acceptors (Lipinski definition) is 10. The zero-order valence-electron chi connectivity index (χ0n) is 17.2. The van der Waals surface area contributed by atoms with Crippen molar-refractivity contribution in [1.82, 2.24) is 19.5 Å². The van der Waals surface area contributed by atoms with Crippen molar-refractivity contribution in [1.29, 1.82) is 0 Å². The van der Waals surface area contributed by atoms with Crippen molar-refractivity contribution in [2.45, 2.75) is 37.7 Å². The van der Waals surface area contributed by atoms with Crippen molar-refractivity contribution < 1.29 is 28.3 Å². The van der Waals surface area contributed by atoms with E-state index in [0.29, 0.717) is 0 Å². The monoisotopic (exact) mass is 456 g/mol. The van der Waals surface area contributed by atoms with E-state index in [-0.39, 0.29) is 41.3 Å². The molecule has 1 aromatic carbocycles. The Kier molecular flexibility index (Phi) is 5.52. The van der Waals surface area contributed by atoms with Crippen LogP contribution in [-0.4, -0.2) is 42.3 Å². The normalized spacial score (nSPS) is 22.1. The lowest BCUT2D eigenvalue weighted by Crippen LogP contribution is -2.40. The fourth-order valence-electron chi connectivity index (χ4n) is 3.59. The highest BCUT2D eigenvalue weighted by Gasteiger charge is 2.50. The number of fused-ring (bicyclic) bond motifs is 1. The first-order chi connectivity index (χ1) is 15.8. The minimum Gasteiger partial charge on any atom is -0.426 e. The second-order valence-corrected chi connectivity index (χ2v) is 7.11. The zero-order chi connectivity index (χ0) is 23.8. The summed E-state index contributed by atoms with van der Waals surface area (Å²) in [6.45, 7) is 1.76. The molecule has 1 aliphatic rings. The lowest BCUT2D eigenvalue weighted by molar-refractivity contribution is -0.384. The molecule has 3 aromatic rings. The van der Waals surface area contributed by atoms with Gasteiger partial charge in [0.2, 0.25) is 0 Å². The fourth-order valence-corrected chi connectivity index (χ4v) is 3.59. The number of nitrogens with two attached hydrogens (primary N) is 1. The summed E-state index contributed by atoms with van der Waals surface area (Å²) in [4.78, 5) is 33.8. The van der Waals surface area contributed by atoms with Gasteiger partial charge >= 0.3 is 12.2 Å². The van der Waals surface area contributed by atoms with Crippen LogP contribution in [-0.2, 0) is 9.47 Å². The quantitative estimate of drug-likeness (QED) is 0.151. The molecule has 2 N–H and O–H groups in total. The van der Waals surface area contributed by atoms with Crippen LogP contribution >= 0.6 is 0 Å². The molecule has 3 atom stereocenters. The molecule has 0 bridgehead atoms. The van der Waals surface area contributed by atoms with Crippen LogP contribution in [0.15, 0.2) is 30.6 Å². The van der Waals surface area contributed by atoms with Gasteiger partial charge in [0.15, 0.2) is 22.6 Å². The molecule has 0 aliphatic carbocycles. The van der Waals surface area contributed by atoms with E-state index in [1.165, 1.54) is 35.2 Å². The van der Waals surface area contributed by atoms with Crippen LogP contribution in [0.3, 0.4) is 0 Å². The van der Waals surface area contributed by atoms with E-state index in [1.54, 1.807) is 6.92 Å². The third-order valence-corrected chi connectivity index (χ3v) is 5.27. The highest BCUT2D eigenvalue weighted by Crippen LogP contribution is 2.41. The van der Waals surface area contributed by atoms with Crippen molar-refractivity contribution in [2.75, 3.05) is 5.73 Å². The molecule has 0 unspecified atom stereocenters. The molecule has 170 valence electrons. The highest BCUT2D eigenvalue weighted by atomic mass is 19.1. The van der Waals surface area contributed by atoms with E-state index in [9.17, 15) is 19.3 Å². The van der Waals surface area contributed by atoms with Gasteiger partial charge in [-0.15, -0.1) is 6.42 Å². The van der Waals surface area contributed by atoms with E-state index in [4.69, 9.17) is 26.4 Å². The summed E-state index contributed by atoms with van der Waals surface area (Å²) in [5.74, 6) is 2.45. The standard InChI is InChI=1S/C20H17FN6O6/c1-3-20(4-2)13(32-19(28)31-12-7-5-11(6-8-12)27(29)30)9-14(33-20)26-10-23-15-16(22)24-18(21)25-17(15)26/h1,5-8,10,13-14H,4,9H2,2H3,(H2,22,24,25)/t13-,14+,20+/m0/s1. The molecule has 33 heavy (non-hydrogen) atoms. The number of nitrogen functional groups attached to an aromatic ring is 1. The largest absolute Gasteiger partial charge is 0.514 e. The van der Waals surface area contributed by atoms with E-state index in [0.717, 1.165) is 0 Å². The van der Waals surface area contributed by atoms with Gasteiger partial charge < -0.3 is 19.9 Å². The topological polar surface area (TPSA) is 158 Å². The summed E-state index contributed by atoms with van der Waals surface area (Å²) in [5, 5.41) is 10.7. The molecule has 0 radical (unpaired) electrons. The molecule has 1 saturated heterocycles. The molecular formula is C20H17FN6O6. The first-order valence-electron chi connectivity index (χ1n) is 9.70. The van der Waals surface area contributed by atoms with Crippen LogP contribution in [0.2, 0.25) is 0 Å². The number of carbonyl (C=O) groups is 1. The molecule has 1 aliphatic heterocycles. The number of imidazole rings is 1. The second kappa shape index (κ2) is 8.32. The number of carbonyl (C=O) groups excluding carboxylic acids is 1. The number of hydrogen-bond donors (Lipinski definition) is 1. The summed E-state index contributed by atoms with van der Waals surface area (Å²) in [6, 6.07) is 4.90. The average molecular weight is 456 g/mol. The minimum absolute atomic E-state index is 0.0483. The summed E-state index contributed by atoms with van der Waals surface area (Å²) in [6.07, 6.45) is 3.63. The Balaban J connectivity index is 1.55. The smallest absolute Gasteiger partial charge is 0.426 e. The van der Waals surface area contributed by atoms with Crippen LogP contribution < -0.4 is 10.5 Å². The number of aromatic nitrogens is 4. The van der Waals surface area contributed by atoms with Crippen LogP contribution in [0.25, 0.3) is 11.2 Å². The Bertz CT molecular complexity index is 1270. The maximum absolute atomic E-state index is 13.7. The van der Waals surface area contributed by atoms with Crippen LogP contribution in [0.4, 0.5) is 20.7 Å². The number of nitro groups is 1. The summed E-state index contributed by atoms with van der Waals surface area (Å²) >= 11 is 0. The number of terminal acetylenes is 1. The van der Waals surface area contributed by atoms with Gasteiger partial charge in [0.1, 0.15) is 18.1 Å². The molecule has 0 saturated carbocycles. The third kappa shape index (κ3) is 3.99. The Labute approximate surface area is 185 Å². The van der Waals surface area contributed by atoms with E-state index < -0.39 is 35.1 Å². The molecule has 0 spiro atoms. The predicted molar refractivity (Wildman–Crippen MR) is 110 cm³/mol. The van der Waals surface area contributed by atoms with Gasteiger partial charge in [0, 0.05) is 18.6 Å². The average Bonchev–Trinajstić information content (AvgIpc) is 3.36. The maximum Gasteiger partial charge on any atom is 0.514 e. The minimum atomic E-state index is -1.30. The van der Waals surface area contributed by atoms with E-state index in [1.807, 2.05) is 0 Å². The molecule has 13 heteroatoms. The second-order valence-electron chi connectivity index (χ2n) is 7.11. The molecule has 0 amide bonds. The van der Waals surface area contributed by atoms with Gasteiger partial charge in [-0.3, -0.25) is 14.7 Å². The SMILES string of the molecule is C#C[C@]1(CC)O[C@@H](n2cnc3c(N)nc(F)nc32)C[C@@H]1OC(=O)Oc1ccc([N+](=O)[O-])cc1. The van der Waals surface area contributed by atoms with Crippen LogP contribution in [0, 0.1) is 28.5 Å². The summed E-state index contributed by atoms with van der Waals surface area (Å²) < 4.78 is 31.7. The van der Waals surface area contributed by atoms with Crippen molar-refractivity contribution in [3.05, 3.63) is 46.8 Å². The van der Waals surface area contributed by atoms with Crippen molar-refractivity contribution >= 4 is 28.8 Å². The van der Waals surface area contributed by atoms with Gasteiger partial charge in [-0.2, -0.15) is 14.4 Å². The predicted octanol–water partition coefficient (Wildman–Crippen LogP) is 2.74. The molecule has 4 rings (SSSR count). The van der Waals surface area contributed by atoms with Gasteiger partial charge in [-0.1, -0.05) is 12.8 Å². The lowest BCUT2D eigenvalue weighted by Gasteiger charge is -2.27. The number of anilines is 1. The first kappa shape index (κ1) is 21.9. The first-order valence-corrected chi connectivity index (χ1v) is 9.70. The van der Waals surface area contributed by atoms with Gasteiger partial charge in [-0.05, 0) is 18.6 Å². The number of benzene rings is 1. The lowest BCUT2D eigenvalue weighted by atomic mass is 9.94. The molecular weight excluding hydrogens is 439 g/mol. The van der Waals surface area contributed by atoms with Gasteiger partial charge in [0.25, 0.3) is 5.69 Å². The molecule has 1 fully saturated rings.